The van der Waals surface area contributed by atoms with Crippen LogP contribution in [0.25, 0.3) is 0 Å². The molecule has 2 heteroatoms. The Bertz CT molecular complexity index is 532. The summed E-state index contributed by atoms with van der Waals surface area (Å²) in [6.45, 7) is 0. The molecule has 0 aliphatic rings. The average molecular weight is 251 g/mol. The van der Waals surface area contributed by atoms with Crippen molar-refractivity contribution in [1.82, 2.24) is 0 Å². The Balaban J connectivity index is 1.75. The van der Waals surface area contributed by atoms with E-state index in [1.807, 2.05) is 54.6 Å². The number of nitrogens with one attached hydrogen (secondary N) is 1. The van der Waals surface area contributed by atoms with Gasteiger partial charge in [-0.3, -0.25) is 4.79 Å². The number of rotatable bonds is 5. The maximum Gasteiger partial charge on any atom is 0.248 e. The van der Waals surface area contributed by atoms with Gasteiger partial charge >= 0.3 is 0 Å². The highest BCUT2D eigenvalue weighted by atomic mass is 16.1. The van der Waals surface area contributed by atoms with E-state index in [0.717, 1.165) is 18.5 Å². The van der Waals surface area contributed by atoms with E-state index in [1.165, 1.54) is 5.56 Å². The summed E-state index contributed by atoms with van der Waals surface area (Å²) in [4.78, 5) is 11.6. The van der Waals surface area contributed by atoms with Crippen molar-refractivity contribution in [1.29, 1.82) is 0 Å². The molecule has 0 spiro atoms. The van der Waals surface area contributed by atoms with Crippen molar-refractivity contribution in [2.45, 2.75) is 12.8 Å². The summed E-state index contributed by atoms with van der Waals surface area (Å²) in [6.07, 6.45) is 5.32. The van der Waals surface area contributed by atoms with Crippen LogP contribution in [0.15, 0.2) is 72.8 Å². The Morgan fingerprint density at radius 2 is 1.58 bits per heavy atom. The van der Waals surface area contributed by atoms with Gasteiger partial charge < -0.3 is 5.32 Å². The number of para-hydroxylation sites is 1. The Labute approximate surface area is 113 Å². The molecule has 0 fully saturated rings. The first-order chi connectivity index (χ1) is 9.34. The van der Waals surface area contributed by atoms with Gasteiger partial charge in [0.1, 0.15) is 0 Å². The van der Waals surface area contributed by atoms with Crippen molar-refractivity contribution in [2.24, 2.45) is 0 Å². The average Bonchev–Trinajstić information content (AvgIpc) is 2.46. The first kappa shape index (κ1) is 13.1. The summed E-state index contributed by atoms with van der Waals surface area (Å²) >= 11 is 0. The maximum absolute atomic E-state index is 11.6. The first-order valence-corrected chi connectivity index (χ1v) is 6.41. The van der Waals surface area contributed by atoms with E-state index in [4.69, 9.17) is 0 Å². The second-order valence-electron chi connectivity index (χ2n) is 4.28. The fourth-order valence-electron chi connectivity index (χ4n) is 1.79. The molecule has 2 rings (SSSR count). The molecule has 1 amide bonds. The van der Waals surface area contributed by atoms with Gasteiger partial charge in [-0.15, -0.1) is 0 Å². The van der Waals surface area contributed by atoms with Crippen molar-refractivity contribution in [3.05, 3.63) is 78.4 Å². The normalized spacial score (nSPS) is 10.5. The third-order valence-electron chi connectivity index (χ3n) is 2.75. The second-order valence-corrected chi connectivity index (χ2v) is 4.28. The third kappa shape index (κ3) is 4.80. The van der Waals surface area contributed by atoms with E-state index in [0.29, 0.717) is 0 Å². The molecule has 0 saturated carbocycles. The Hall–Kier alpha value is -2.35. The lowest BCUT2D eigenvalue weighted by molar-refractivity contribution is -0.111. The predicted octanol–water partition coefficient (Wildman–Crippen LogP) is 3.81. The van der Waals surface area contributed by atoms with Crippen LogP contribution in [0.1, 0.15) is 12.0 Å². The van der Waals surface area contributed by atoms with Crippen LogP contribution >= 0.6 is 0 Å². The highest BCUT2D eigenvalue weighted by molar-refractivity contribution is 5.99. The fraction of sp³-hybridized carbons (Fsp3) is 0.118. The third-order valence-corrected chi connectivity index (χ3v) is 2.75. The second kappa shape index (κ2) is 7.17. The summed E-state index contributed by atoms with van der Waals surface area (Å²) in [7, 11) is 0. The summed E-state index contributed by atoms with van der Waals surface area (Å²) in [5, 5.41) is 2.81. The molecule has 0 aliphatic carbocycles. The van der Waals surface area contributed by atoms with E-state index in [2.05, 4.69) is 17.4 Å². The molecule has 0 atom stereocenters. The summed E-state index contributed by atoms with van der Waals surface area (Å²) in [5.41, 5.74) is 2.11. The highest BCUT2D eigenvalue weighted by Gasteiger charge is 1.95. The topological polar surface area (TPSA) is 29.1 Å². The molecule has 96 valence electrons. The van der Waals surface area contributed by atoms with Crippen LogP contribution in [0.5, 0.6) is 0 Å². The van der Waals surface area contributed by atoms with Gasteiger partial charge in [0.15, 0.2) is 0 Å². The molecule has 0 bridgehead atoms. The van der Waals surface area contributed by atoms with E-state index < -0.39 is 0 Å². The van der Waals surface area contributed by atoms with Gasteiger partial charge in [-0.05, 0) is 36.6 Å². The van der Waals surface area contributed by atoms with Crippen molar-refractivity contribution < 1.29 is 4.79 Å². The Kier molecular flexibility index (Phi) is 4.94. The zero-order valence-electron chi connectivity index (χ0n) is 10.8. The van der Waals surface area contributed by atoms with Crippen molar-refractivity contribution in [2.75, 3.05) is 5.32 Å². The summed E-state index contributed by atoms with van der Waals surface area (Å²) < 4.78 is 0. The van der Waals surface area contributed by atoms with Crippen LogP contribution in [-0.2, 0) is 11.2 Å². The quantitative estimate of drug-likeness (QED) is 0.804. The largest absolute Gasteiger partial charge is 0.323 e. The van der Waals surface area contributed by atoms with Crippen LogP contribution in [0.3, 0.4) is 0 Å². The van der Waals surface area contributed by atoms with Gasteiger partial charge in [0.05, 0.1) is 0 Å². The number of carbonyl (C=O) groups excluding carboxylic acids is 1. The first-order valence-electron chi connectivity index (χ1n) is 6.41. The minimum atomic E-state index is -0.0840. The lowest BCUT2D eigenvalue weighted by Gasteiger charge is -2.00. The molecule has 0 heterocycles. The van der Waals surface area contributed by atoms with Crippen LogP contribution in [-0.4, -0.2) is 5.91 Å². The van der Waals surface area contributed by atoms with Crippen molar-refractivity contribution in [3.63, 3.8) is 0 Å². The number of hydrogen-bond donors (Lipinski definition) is 1. The predicted molar refractivity (Wildman–Crippen MR) is 79.0 cm³/mol. The van der Waals surface area contributed by atoms with Crippen LogP contribution < -0.4 is 5.32 Å². The number of benzene rings is 2. The maximum atomic E-state index is 11.6. The number of aryl methyl sites for hydroxylation is 1. The molecule has 2 nitrogen and oxygen atoms in total. The van der Waals surface area contributed by atoms with Crippen LogP contribution in [0.4, 0.5) is 5.69 Å². The summed E-state index contributed by atoms with van der Waals surface area (Å²) in [6, 6.07) is 19.7. The molecular weight excluding hydrogens is 234 g/mol. The standard InChI is InChI=1S/C17H17NO/c19-17(18-16-12-5-2-6-13-16)14-8-7-11-15-9-3-1-4-10-15/h1-6,8-10,12-14H,7,11H2,(H,18,19)/b14-8+. The number of hydrogen-bond acceptors (Lipinski definition) is 1. The van der Waals surface area contributed by atoms with Crippen molar-refractivity contribution >= 4 is 11.6 Å². The zero-order chi connectivity index (χ0) is 13.3. The molecule has 0 aromatic heterocycles. The molecule has 0 radical (unpaired) electrons. The number of allylic oxidation sites excluding steroid dienone is 1. The number of anilines is 1. The van der Waals surface area contributed by atoms with E-state index in [-0.39, 0.29) is 5.91 Å². The molecule has 19 heavy (non-hydrogen) atoms. The van der Waals surface area contributed by atoms with E-state index >= 15 is 0 Å². The van der Waals surface area contributed by atoms with Gasteiger partial charge in [0, 0.05) is 5.69 Å². The van der Waals surface area contributed by atoms with Gasteiger partial charge in [0.2, 0.25) is 5.91 Å². The lowest BCUT2D eigenvalue weighted by atomic mass is 10.1. The molecule has 2 aromatic rings. The minimum absolute atomic E-state index is 0.0840. The summed E-state index contributed by atoms with van der Waals surface area (Å²) in [5.74, 6) is -0.0840. The molecular formula is C17H17NO. The van der Waals surface area contributed by atoms with E-state index in [1.54, 1.807) is 6.08 Å². The lowest BCUT2D eigenvalue weighted by Crippen LogP contribution is -2.07. The monoisotopic (exact) mass is 251 g/mol. The molecule has 2 aromatic carbocycles. The number of amides is 1. The molecule has 0 aliphatic heterocycles. The number of carbonyl (C=O) groups is 1. The van der Waals surface area contributed by atoms with Gasteiger partial charge in [-0.2, -0.15) is 0 Å². The Morgan fingerprint density at radius 3 is 2.26 bits per heavy atom. The van der Waals surface area contributed by atoms with Gasteiger partial charge in [-0.1, -0.05) is 54.6 Å². The zero-order valence-corrected chi connectivity index (χ0v) is 10.8. The molecule has 1 N–H and O–H groups in total. The SMILES string of the molecule is O=C(/C=C/CCc1ccccc1)Nc1ccccc1. The minimum Gasteiger partial charge on any atom is -0.323 e. The Morgan fingerprint density at radius 1 is 0.947 bits per heavy atom. The smallest absolute Gasteiger partial charge is 0.248 e. The van der Waals surface area contributed by atoms with Gasteiger partial charge in [0.25, 0.3) is 0 Å². The molecule has 0 saturated heterocycles. The van der Waals surface area contributed by atoms with Crippen LogP contribution in [0, 0.1) is 0 Å². The fourth-order valence-corrected chi connectivity index (χ4v) is 1.79. The highest BCUT2D eigenvalue weighted by Crippen LogP contribution is 2.05. The van der Waals surface area contributed by atoms with Gasteiger partial charge in [-0.25, -0.2) is 0 Å². The van der Waals surface area contributed by atoms with Crippen LogP contribution in [0.2, 0.25) is 0 Å². The van der Waals surface area contributed by atoms with Crippen molar-refractivity contribution in [3.8, 4) is 0 Å². The van der Waals surface area contributed by atoms with E-state index in [9.17, 15) is 4.79 Å². The molecule has 0 unspecified atom stereocenters.